The summed E-state index contributed by atoms with van der Waals surface area (Å²) in [4.78, 5) is 11.9. The number of benzene rings is 1. The van der Waals surface area contributed by atoms with Gasteiger partial charge < -0.3 is 5.32 Å². The van der Waals surface area contributed by atoms with Crippen LogP contribution in [0.15, 0.2) is 34.5 Å². The van der Waals surface area contributed by atoms with E-state index in [1.807, 2.05) is 0 Å². The van der Waals surface area contributed by atoms with Gasteiger partial charge in [0.05, 0.1) is 20.7 Å². The van der Waals surface area contributed by atoms with E-state index < -0.39 is 32.9 Å². The standard InChI is InChI=1S/C15H14ClF3N2O3S2/c1-8(2)26(23,24)11-7-25-13(12(11)16)21-14(22)20-10-5-3-9(4-6-10)15(17,18)19/h3-8H,1-2H3,(H2,20,21,22). The zero-order valence-electron chi connectivity index (χ0n) is 13.5. The largest absolute Gasteiger partial charge is 0.416 e. The van der Waals surface area contributed by atoms with E-state index in [1.165, 1.54) is 19.2 Å². The molecular formula is C15H14ClF3N2O3S2. The number of hydrogen-bond donors (Lipinski definition) is 2. The van der Waals surface area contributed by atoms with Crippen LogP contribution in [0, 0.1) is 0 Å². The van der Waals surface area contributed by atoms with E-state index in [4.69, 9.17) is 11.6 Å². The molecule has 0 saturated carbocycles. The lowest BCUT2D eigenvalue weighted by Gasteiger charge is -2.10. The predicted molar refractivity (Wildman–Crippen MR) is 95.7 cm³/mol. The molecule has 1 heterocycles. The van der Waals surface area contributed by atoms with Crippen LogP contribution in [0.3, 0.4) is 0 Å². The van der Waals surface area contributed by atoms with E-state index in [2.05, 4.69) is 10.6 Å². The van der Waals surface area contributed by atoms with Crippen LogP contribution in [0.25, 0.3) is 0 Å². The van der Waals surface area contributed by atoms with Gasteiger partial charge in [-0.1, -0.05) is 11.6 Å². The maximum atomic E-state index is 12.5. The minimum atomic E-state index is -4.47. The molecule has 0 aliphatic carbocycles. The van der Waals surface area contributed by atoms with Gasteiger partial charge in [-0.05, 0) is 38.1 Å². The van der Waals surface area contributed by atoms with Gasteiger partial charge in [0.25, 0.3) is 0 Å². The predicted octanol–water partition coefficient (Wildman–Crippen LogP) is 5.25. The third-order valence-corrected chi connectivity index (χ3v) is 7.16. The van der Waals surface area contributed by atoms with Gasteiger partial charge in [0.2, 0.25) is 0 Å². The highest BCUT2D eigenvalue weighted by Crippen LogP contribution is 2.37. The van der Waals surface area contributed by atoms with Crippen molar-refractivity contribution < 1.29 is 26.4 Å². The molecule has 11 heteroatoms. The topological polar surface area (TPSA) is 75.3 Å². The van der Waals surface area contributed by atoms with Crippen molar-refractivity contribution in [3.05, 3.63) is 40.2 Å². The number of rotatable bonds is 4. The van der Waals surface area contributed by atoms with Gasteiger partial charge in [0.15, 0.2) is 9.84 Å². The van der Waals surface area contributed by atoms with Crippen molar-refractivity contribution in [2.75, 3.05) is 10.6 Å². The first-order valence-corrected chi connectivity index (χ1v) is 9.99. The summed E-state index contributed by atoms with van der Waals surface area (Å²) in [6.07, 6.45) is -4.47. The summed E-state index contributed by atoms with van der Waals surface area (Å²) in [7, 11) is -3.60. The van der Waals surface area contributed by atoms with Crippen LogP contribution >= 0.6 is 22.9 Å². The van der Waals surface area contributed by atoms with Crippen LogP contribution < -0.4 is 10.6 Å². The molecule has 0 bridgehead atoms. The maximum absolute atomic E-state index is 12.5. The number of carbonyl (C=O) groups excluding carboxylic acids is 1. The average molecular weight is 427 g/mol. The Balaban J connectivity index is 2.11. The Morgan fingerprint density at radius 2 is 1.73 bits per heavy atom. The monoisotopic (exact) mass is 426 g/mol. The Morgan fingerprint density at radius 3 is 2.23 bits per heavy atom. The highest BCUT2D eigenvalue weighted by molar-refractivity contribution is 7.92. The lowest BCUT2D eigenvalue weighted by atomic mass is 10.2. The molecule has 0 aliphatic rings. The summed E-state index contributed by atoms with van der Waals surface area (Å²) in [5.74, 6) is 0. The quantitative estimate of drug-likeness (QED) is 0.701. The summed E-state index contributed by atoms with van der Waals surface area (Å²) in [6.45, 7) is 3.02. The maximum Gasteiger partial charge on any atom is 0.416 e. The Hall–Kier alpha value is -1.78. The van der Waals surface area contributed by atoms with Gasteiger partial charge in [0.1, 0.15) is 5.00 Å². The van der Waals surface area contributed by atoms with Crippen molar-refractivity contribution in [2.45, 2.75) is 30.2 Å². The second kappa shape index (κ2) is 7.45. The summed E-state index contributed by atoms with van der Waals surface area (Å²) in [5.41, 5.74) is -0.702. The average Bonchev–Trinajstić information content (AvgIpc) is 2.88. The van der Waals surface area contributed by atoms with Crippen molar-refractivity contribution in [2.24, 2.45) is 0 Å². The second-order valence-corrected chi connectivity index (χ2v) is 9.22. The Labute approximate surface area is 157 Å². The minimum Gasteiger partial charge on any atom is -0.308 e. The van der Waals surface area contributed by atoms with Gasteiger partial charge in [-0.2, -0.15) is 13.2 Å². The van der Waals surface area contributed by atoms with Crippen LogP contribution in [-0.2, 0) is 16.0 Å². The zero-order valence-corrected chi connectivity index (χ0v) is 15.9. The lowest BCUT2D eigenvalue weighted by Crippen LogP contribution is -2.19. The summed E-state index contributed by atoms with van der Waals surface area (Å²) in [5, 5.41) is 5.40. The van der Waals surface area contributed by atoms with Crippen LogP contribution in [0.4, 0.5) is 28.7 Å². The highest BCUT2D eigenvalue weighted by atomic mass is 35.5. The molecule has 1 aromatic heterocycles. The Bertz CT molecular complexity index is 907. The fourth-order valence-electron chi connectivity index (χ4n) is 1.87. The summed E-state index contributed by atoms with van der Waals surface area (Å²) >= 11 is 6.97. The van der Waals surface area contributed by atoms with Crippen molar-refractivity contribution in [3.8, 4) is 0 Å². The number of amides is 2. The molecule has 0 radical (unpaired) electrons. The first-order valence-electron chi connectivity index (χ1n) is 7.19. The van der Waals surface area contributed by atoms with Gasteiger partial charge >= 0.3 is 12.2 Å². The number of carbonyl (C=O) groups is 1. The van der Waals surface area contributed by atoms with Gasteiger partial charge in [0, 0.05) is 11.1 Å². The van der Waals surface area contributed by atoms with E-state index in [0.29, 0.717) is 0 Å². The fraction of sp³-hybridized carbons (Fsp3) is 0.267. The SMILES string of the molecule is CC(C)S(=O)(=O)c1csc(NC(=O)Nc2ccc(C(F)(F)F)cc2)c1Cl. The van der Waals surface area contributed by atoms with Crippen molar-refractivity contribution in [1.29, 1.82) is 0 Å². The van der Waals surface area contributed by atoms with Crippen molar-refractivity contribution in [3.63, 3.8) is 0 Å². The number of urea groups is 1. The highest BCUT2D eigenvalue weighted by Gasteiger charge is 2.30. The number of alkyl halides is 3. The number of thiophene rings is 1. The first kappa shape index (κ1) is 20.5. The molecule has 2 aromatic rings. The van der Waals surface area contributed by atoms with Crippen LogP contribution in [-0.4, -0.2) is 19.7 Å². The van der Waals surface area contributed by atoms with E-state index in [9.17, 15) is 26.4 Å². The number of sulfone groups is 1. The number of nitrogens with one attached hydrogen (secondary N) is 2. The molecule has 0 spiro atoms. The molecule has 26 heavy (non-hydrogen) atoms. The van der Waals surface area contributed by atoms with Crippen LogP contribution in [0.1, 0.15) is 19.4 Å². The molecule has 0 unspecified atom stereocenters. The third-order valence-electron chi connectivity index (χ3n) is 3.32. The smallest absolute Gasteiger partial charge is 0.308 e. The number of hydrogen-bond acceptors (Lipinski definition) is 4. The van der Waals surface area contributed by atoms with Crippen LogP contribution in [0.5, 0.6) is 0 Å². The molecule has 0 saturated heterocycles. The molecule has 142 valence electrons. The van der Waals surface area contributed by atoms with Crippen molar-refractivity contribution in [1.82, 2.24) is 0 Å². The molecule has 0 aliphatic heterocycles. The molecule has 2 amide bonds. The van der Waals surface area contributed by atoms with Crippen molar-refractivity contribution >= 4 is 49.5 Å². The number of halogens is 4. The Morgan fingerprint density at radius 1 is 1.15 bits per heavy atom. The Kier molecular flexibility index (Phi) is 5.89. The molecule has 0 atom stereocenters. The van der Waals surface area contributed by atoms with E-state index >= 15 is 0 Å². The molecule has 0 fully saturated rings. The third kappa shape index (κ3) is 4.49. The molecule has 5 nitrogen and oxygen atoms in total. The second-order valence-electron chi connectivity index (χ2n) is 5.49. The molecular weight excluding hydrogens is 413 g/mol. The molecule has 2 N–H and O–H groups in total. The van der Waals surface area contributed by atoms with Gasteiger partial charge in [-0.3, -0.25) is 5.32 Å². The molecule has 1 aromatic carbocycles. The fourth-order valence-corrected chi connectivity index (χ4v) is 4.80. The van der Waals surface area contributed by atoms with Gasteiger partial charge in [-0.15, -0.1) is 11.3 Å². The summed E-state index contributed by atoms with van der Waals surface area (Å²) < 4.78 is 61.8. The van der Waals surface area contributed by atoms with E-state index in [0.717, 1.165) is 35.6 Å². The zero-order chi connectivity index (χ0) is 19.7. The molecule has 2 rings (SSSR count). The first-order chi connectivity index (χ1) is 11.9. The minimum absolute atomic E-state index is 0.0796. The van der Waals surface area contributed by atoms with E-state index in [-0.39, 0.29) is 20.6 Å². The van der Waals surface area contributed by atoms with Crippen LogP contribution in [0.2, 0.25) is 5.02 Å². The van der Waals surface area contributed by atoms with E-state index in [1.54, 1.807) is 0 Å². The lowest BCUT2D eigenvalue weighted by molar-refractivity contribution is -0.137. The van der Waals surface area contributed by atoms with Gasteiger partial charge in [-0.25, -0.2) is 13.2 Å². The normalized spacial score (nSPS) is 12.3. The number of anilines is 2. The summed E-state index contributed by atoms with van der Waals surface area (Å²) in [6, 6.07) is 3.12.